The van der Waals surface area contributed by atoms with Crippen molar-refractivity contribution in [3.8, 4) is 5.75 Å². The zero-order valence-electron chi connectivity index (χ0n) is 11.8. The number of benzene rings is 1. The number of aryl methyl sites for hydroxylation is 2. The molecule has 0 bridgehead atoms. The van der Waals surface area contributed by atoms with Crippen LogP contribution < -0.4 is 15.4 Å². The van der Waals surface area contributed by atoms with Gasteiger partial charge in [-0.15, -0.1) is 0 Å². The van der Waals surface area contributed by atoms with Gasteiger partial charge in [0.2, 0.25) is 0 Å². The molecule has 3 heteroatoms. The molecule has 0 aliphatic carbocycles. The molecule has 17 heavy (non-hydrogen) atoms. The summed E-state index contributed by atoms with van der Waals surface area (Å²) < 4.78 is 5.42. The molecule has 0 heterocycles. The molecule has 0 aliphatic rings. The van der Waals surface area contributed by atoms with Crippen molar-refractivity contribution in [2.24, 2.45) is 0 Å². The third-order valence-corrected chi connectivity index (χ3v) is 3.05. The van der Waals surface area contributed by atoms with Crippen molar-refractivity contribution in [3.05, 3.63) is 23.3 Å². The Morgan fingerprint density at radius 1 is 1.24 bits per heavy atom. The average molecular weight is 236 g/mol. The molecule has 0 aliphatic heterocycles. The molecule has 0 radical (unpaired) electrons. The molecule has 0 atom stereocenters. The Labute approximate surface area is 105 Å². The van der Waals surface area contributed by atoms with E-state index in [0.717, 1.165) is 18.0 Å². The maximum absolute atomic E-state index is 5.42. The highest BCUT2D eigenvalue weighted by Crippen LogP contribution is 2.29. The van der Waals surface area contributed by atoms with Crippen LogP contribution in [0.25, 0.3) is 0 Å². The van der Waals surface area contributed by atoms with Crippen molar-refractivity contribution in [3.63, 3.8) is 0 Å². The van der Waals surface area contributed by atoms with Gasteiger partial charge in [0, 0.05) is 12.1 Å². The van der Waals surface area contributed by atoms with Crippen LogP contribution in [0.2, 0.25) is 0 Å². The Kier molecular flexibility index (Phi) is 4.40. The van der Waals surface area contributed by atoms with E-state index in [0.29, 0.717) is 0 Å². The minimum Gasteiger partial charge on any atom is -0.495 e. The fraction of sp³-hybridized carbons (Fsp3) is 0.571. The zero-order chi connectivity index (χ0) is 13.1. The molecule has 0 spiro atoms. The molecule has 0 saturated carbocycles. The van der Waals surface area contributed by atoms with E-state index in [-0.39, 0.29) is 5.54 Å². The third-order valence-electron chi connectivity index (χ3n) is 3.05. The monoisotopic (exact) mass is 236 g/mol. The smallest absolute Gasteiger partial charge is 0.142 e. The quantitative estimate of drug-likeness (QED) is 0.824. The fourth-order valence-electron chi connectivity index (χ4n) is 1.71. The molecule has 3 nitrogen and oxygen atoms in total. The summed E-state index contributed by atoms with van der Waals surface area (Å²) in [5, 5.41) is 6.74. The van der Waals surface area contributed by atoms with Gasteiger partial charge in [-0.1, -0.05) is 6.07 Å². The lowest BCUT2D eigenvalue weighted by atomic mass is 10.0. The van der Waals surface area contributed by atoms with Gasteiger partial charge in [-0.05, 0) is 51.9 Å². The second-order valence-electron chi connectivity index (χ2n) is 5.15. The average Bonchev–Trinajstić information content (AvgIpc) is 2.26. The summed E-state index contributed by atoms with van der Waals surface area (Å²) in [4.78, 5) is 0. The molecule has 0 aromatic heterocycles. The van der Waals surface area contributed by atoms with Crippen molar-refractivity contribution in [1.29, 1.82) is 0 Å². The van der Waals surface area contributed by atoms with Gasteiger partial charge in [-0.25, -0.2) is 0 Å². The lowest BCUT2D eigenvalue weighted by molar-refractivity contribution is 0.413. The molecule has 1 aromatic carbocycles. The fourth-order valence-corrected chi connectivity index (χ4v) is 1.71. The van der Waals surface area contributed by atoms with E-state index in [4.69, 9.17) is 4.74 Å². The van der Waals surface area contributed by atoms with Crippen LogP contribution in [-0.4, -0.2) is 26.2 Å². The predicted octanol–water partition coefficient (Wildman–Crippen LogP) is 2.72. The molecule has 0 saturated heterocycles. The van der Waals surface area contributed by atoms with Crippen LogP contribution >= 0.6 is 0 Å². The maximum atomic E-state index is 5.42. The van der Waals surface area contributed by atoms with Gasteiger partial charge in [0.15, 0.2) is 0 Å². The van der Waals surface area contributed by atoms with Crippen LogP contribution in [0, 0.1) is 13.8 Å². The molecular weight excluding hydrogens is 212 g/mol. The summed E-state index contributed by atoms with van der Waals surface area (Å²) in [5.74, 6) is 0.911. The first-order valence-electron chi connectivity index (χ1n) is 5.97. The summed E-state index contributed by atoms with van der Waals surface area (Å²) in [5.41, 5.74) is 3.58. The number of methoxy groups -OCH3 is 1. The minimum absolute atomic E-state index is 0.0579. The van der Waals surface area contributed by atoms with Crippen molar-refractivity contribution in [1.82, 2.24) is 5.32 Å². The van der Waals surface area contributed by atoms with Gasteiger partial charge in [0.05, 0.1) is 12.8 Å². The molecule has 0 amide bonds. The zero-order valence-corrected chi connectivity index (χ0v) is 11.8. The third kappa shape index (κ3) is 3.63. The van der Waals surface area contributed by atoms with E-state index in [1.165, 1.54) is 11.1 Å². The van der Waals surface area contributed by atoms with Gasteiger partial charge in [-0.3, -0.25) is 0 Å². The first-order chi connectivity index (χ1) is 7.89. The van der Waals surface area contributed by atoms with Crippen LogP contribution in [0.3, 0.4) is 0 Å². The largest absolute Gasteiger partial charge is 0.495 e. The Bertz CT molecular complexity index is 386. The Morgan fingerprint density at radius 2 is 1.88 bits per heavy atom. The highest BCUT2D eigenvalue weighted by molar-refractivity contribution is 5.63. The normalized spacial score (nSPS) is 11.4. The van der Waals surface area contributed by atoms with Crippen molar-refractivity contribution < 1.29 is 4.74 Å². The van der Waals surface area contributed by atoms with Crippen molar-refractivity contribution >= 4 is 5.69 Å². The predicted molar refractivity (Wildman–Crippen MR) is 74.1 cm³/mol. The lowest BCUT2D eigenvalue weighted by Gasteiger charge is -2.26. The standard InChI is InChI=1S/C14H24N2O/c1-10-7-11(2)13(12(8-10)17-6)16-9-14(3,4)15-5/h7-8,15-16H,9H2,1-6H3. The van der Waals surface area contributed by atoms with Gasteiger partial charge in [0.25, 0.3) is 0 Å². The van der Waals surface area contributed by atoms with Crippen LogP contribution in [0.4, 0.5) is 5.69 Å². The van der Waals surface area contributed by atoms with Crippen molar-refractivity contribution in [2.45, 2.75) is 33.2 Å². The minimum atomic E-state index is 0.0579. The number of hydrogen-bond acceptors (Lipinski definition) is 3. The first kappa shape index (κ1) is 13.8. The Hall–Kier alpha value is -1.22. The highest BCUT2D eigenvalue weighted by atomic mass is 16.5. The number of anilines is 1. The molecule has 2 N–H and O–H groups in total. The van der Waals surface area contributed by atoms with E-state index < -0.39 is 0 Å². The summed E-state index contributed by atoms with van der Waals surface area (Å²) in [6, 6.07) is 4.22. The summed E-state index contributed by atoms with van der Waals surface area (Å²) in [6.07, 6.45) is 0. The van der Waals surface area contributed by atoms with E-state index in [1.807, 2.05) is 7.05 Å². The van der Waals surface area contributed by atoms with E-state index >= 15 is 0 Å². The topological polar surface area (TPSA) is 33.3 Å². The highest BCUT2D eigenvalue weighted by Gasteiger charge is 2.16. The number of ether oxygens (including phenoxy) is 1. The van der Waals surface area contributed by atoms with Crippen LogP contribution in [-0.2, 0) is 0 Å². The number of likely N-dealkylation sites (N-methyl/N-ethyl adjacent to an activating group) is 1. The van der Waals surface area contributed by atoms with Crippen LogP contribution in [0.1, 0.15) is 25.0 Å². The maximum Gasteiger partial charge on any atom is 0.142 e. The SMILES string of the molecule is CNC(C)(C)CNc1c(C)cc(C)cc1OC. The lowest BCUT2D eigenvalue weighted by Crippen LogP contribution is -2.42. The first-order valence-corrected chi connectivity index (χ1v) is 5.97. The molecule has 0 unspecified atom stereocenters. The molecular formula is C14H24N2O. The van der Waals surface area contributed by atoms with E-state index in [2.05, 4.69) is 50.5 Å². The van der Waals surface area contributed by atoms with Crippen molar-refractivity contribution in [2.75, 3.05) is 26.0 Å². The second-order valence-corrected chi connectivity index (χ2v) is 5.15. The van der Waals surface area contributed by atoms with E-state index in [1.54, 1.807) is 7.11 Å². The number of rotatable bonds is 5. The van der Waals surface area contributed by atoms with Gasteiger partial charge in [0.1, 0.15) is 5.75 Å². The van der Waals surface area contributed by atoms with Gasteiger partial charge in [-0.2, -0.15) is 0 Å². The summed E-state index contributed by atoms with van der Waals surface area (Å²) in [6.45, 7) is 9.36. The molecule has 0 fully saturated rings. The Morgan fingerprint density at radius 3 is 2.41 bits per heavy atom. The van der Waals surface area contributed by atoms with Gasteiger partial charge < -0.3 is 15.4 Å². The van der Waals surface area contributed by atoms with Crippen LogP contribution in [0.15, 0.2) is 12.1 Å². The second kappa shape index (κ2) is 5.41. The number of hydrogen-bond donors (Lipinski definition) is 2. The summed E-state index contributed by atoms with van der Waals surface area (Å²) in [7, 11) is 3.68. The Balaban J connectivity index is 2.90. The number of nitrogens with one attached hydrogen (secondary N) is 2. The van der Waals surface area contributed by atoms with E-state index in [9.17, 15) is 0 Å². The van der Waals surface area contributed by atoms with Gasteiger partial charge >= 0.3 is 0 Å². The molecule has 1 aromatic rings. The molecule has 96 valence electrons. The molecule has 1 rings (SSSR count). The van der Waals surface area contributed by atoms with Crippen LogP contribution in [0.5, 0.6) is 5.75 Å². The summed E-state index contributed by atoms with van der Waals surface area (Å²) >= 11 is 0.